The molecule has 444 valence electrons. The van der Waals surface area contributed by atoms with Crippen LogP contribution in [0.1, 0.15) is 0 Å². The molecule has 0 saturated heterocycles. The lowest BCUT2D eigenvalue weighted by atomic mass is 8.16. The van der Waals surface area contributed by atoms with Crippen molar-refractivity contribution in [1.29, 1.82) is 0 Å². The van der Waals surface area contributed by atoms with Crippen LogP contribution in [-0.4, -0.2) is 1050 Å². The Labute approximate surface area is 1030 Å². The fourth-order valence-corrected chi connectivity index (χ4v) is 27.2. The van der Waals surface area contributed by atoms with Crippen LogP contribution < -0.4 is 0 Å². The van der Waals surface area contributed by atoms with Crippen LogP contribution in [-0.2, 0) is 0 Å². The van der Waals surface area contributed by atoms with Gasteiger partial charge < -0.3 is 0 Å². The zero-order chi connectivity index (χ0) is 117. The monoisotopic (exact) mass is 1630 g/mol. The Morgan fingerprint density at radius 3 is 0.128 bits per heavy atom. The summed E-state index contributed by atoms with van der Waals surface area (Å²) in [6.45, 7) is 0. The highest BCUT2D eigenvalue weighted by molar-refractivity contribution is 8.49. The van der Waals surface area contributed by atoms with Crippen molar-refractivity contribution in [3.05, 3.63) is 0 Å². The van der Waals surface area contributed by atoms with Crippen LogP contribution in [0.25, 0.3) is 0 Å². The van der Waals surface area contributed by atoms with Crippen LogP contribution in [0.2, 0.25) is 0 Å². The molecule has 0 spiro atoms. The highest BCUT2D eigenvalue weighted by atomic mass is 13.5. The first kappa shape index (κ1) is 158. The molecule has 0 N–H and O–H groups in total. The molecular formula is B148. The van der Waals surface area contributed by atoms with Crippen LogP contribution in [0.3, 0.4) is 0 Å². The summed E-state index contributed by atoms with van der Waals surface area (Å²) in [5.74, 6) is 0. The van der Waals surface area contributed by atoms with Crippen LogP contribution in [0.5, 0.6) is 0 Å². The Balaban J connectivity index is 19.0. The second kappa shape index (κ2) is 72.6. The van der Waals surface area contributed by atoms with E-state index in [-0.39, 0.29) is 0 Å². The molecule has 0 aliphatic rings. The van der Waals surface area contributed by atoms with Crippen LogP contribution in [0, 0.1) is 0 Å². The minimum Gasteiger partial charge on any atom is 0 e. The van der Waals surface area contributed by atoms with Gasteiger partial charge in [0, 0.05) is 1050 Å². The molecule has 0 aromatic heterocycles. The second-order valence-corrected chi connectivity index (χ2v) is 42.1. The van der Waals surface area contributed by atoms with E-state index in [9.17, 15) is 0 Å². The van der Waals surface area contributed by atoms with E-state index in [0.29, 0.717) is 0 Å². The van der Waals surface area contributed by atoms with Crippen molar-refractivity contribution in [2.45, 2.75) is 0 Å². The van der Waals surface area contributed by atoms with E-state index in [0.717, 1.165) is 0 Å². The third-order valence-corrected chi connectivity index (χ3v) is 32.0. The maximum absolute atomic E-state index is 8.17. The molecule has 0 aromatic rings. The smallest absolute Gasteiger partial charge is 0 e. The van der Waals surface area contributed by atoms with Crippen molar-refractivity contribution in [2.24, 2.45) is 0 Å². The lowest BCUT2D eigenvalue weighted by Crippen LogP contribution is -3.04. The minimum absolute atomic E-state index is 2.18. The van der Waals surface area contributed by atoms with Gasteiger partial charge in [-0.2, -0.15) is 0 Å². The van der Waals surface area contributed by atoms with Crippen LogP contribution in [0.15, 0.2) is 0 Å². The first-order chi connectivity index (χ1) is 67.3. The van der Waals surface area contributed by atoms with E-state index in [1.54, 1.807) is 0 Å². The largest absolute Gasteiger partial charge is 0 e. The summed E-state index contributed by atoms with van der Waals surface area (Å²) in [6.07, 6.45) is -173. The molecule has 0 rings (SSSR count). The van der Waals surface area contributed by atoms with Gasteiger partial charge in [0.2, 0.25) is 0 Å². The van der Waals surface area contributed by atoms with Crippen molar-refractivity contribution in [3.8, 4) is 0 Å². The Hall–Kier alpha value is 9.61. The second-order valence-electron chi connectivity index (χ2n) is 42.1. The summed E-state index contributed by atoms with van der Waals surface area (Å²) < 4.78 is 0. The number of hydrogen-bond donors (Lipinski definition) is 0. The fourth-order valence-electron chi connectivity index (χ4n) is 27.2. The summed E-state index contributed by atoms with van der Waals surface area (Å²) in [7, 11) is 571. The van der Waals surface area contributed by atoms with Gasteiger partial charge in [0.25, 0.3) is 0 Å². The van der Waals surface area contributed by atoms with E-state index < -0.39 is 466 Å². The molecule has 0 nitrogen and oxygen atoms in total. The van der Waals surface area contributed by atoms with E-state index in [1.165, 1.54) is 0 Å². The maximum Gasteiger partial charge on any atom is 0 e. The average molecular weight is 1600 g/mol. The van der Waals surface area contributed by atoms with Gasteiger partial charge in [0.1, 0.15) is 0 Å². The van der Waals surface area contributed by atoms with E-state index in [4.69, 9.17) is 580 Å². The minimum atomic E-state index is -3.16. The molecule has 0 aromatic carbocycles. The first-order valence-electron chi connectivity index (χ1n) is 49.0. The SMILES string of the molecule is [B]B([B])B([B])B(B(B([B])[B])B([B])[B])B(B(B([B])[B])B([B])[B])B(B(B(B(B([B])[B])B([B])[B])B(B([B])[B])B([B])[B])B(B(B([B])[B])B([B])[B])B(B([B])[B])B([B])[B])B(B(B(B(B([B])[B])B([B])[B])B(B([B])[B])B([B])[B])B(B(B([B])[B])B([B])[B])B(B([B])[B])B([B])[B])B(B(B(B(B([B])[B])B([B])[B])B(B([B])[B])B([B])[B])B(B(B([B])[B])B([B])[B])B(B([B])[B])B([B])[B])B(B(B(B([B])[B])B([B])[B])B(B([B])[B])B([B])[B])B(B(B([B])[B])B([B])[B])B(B([B])[B])B([B])[B]. The van der Waals surface area contributed by atoms with Gasteiger partial charge >= 0.3 is 0 Å². The molecule has 0 bridgehead atoms. The third-order valence-electron chi connectivity index (χ3n) is 32.0. The van der Waals surface area contributed by atoms with Crippen LogP contribution >= 0.6 is 0 Å². The third kappa shape index (κ3) is 42.0. The zero-order valence-corrected chi connectivity index (χ0v) is 85.4. The van der Waals surface area contributed by atoms with Gasteiger partial charge in [0.05, 0.1) is 0 Å². The summed E-state index contributed by atoms with van der Waals surface area (Å²) in [6, 6.07) is 0. The van der Waals surface area contributed by atoms with E-state index in [2.05, 4.69) is 0 Å². The summed E-state index contributed by atoms with van der Waals surface area (Å²) in [5, 5.41) is 0. The number of hydrogen-bond acceptors (Lipinski definition) is 0. The molecule has 0 aliphatic carbocycles. The molecule has 150 radical (unpaired) electrons. The Bertz CT molecular complexity index is 2630. The molecular weight excluding hydrogens is 1600 g/mol. The van der Waals surface area contributed by atoms with Crippen molar-refractivity contribution in [2.75, 3.05) is 0 Å². The molecule has 148 heavy (non-hydrogen) atoms. The van der Waals surface area contributed by atoms with Gasteiger partial charge in [-0.15, -0.1) is 0 Å². The molecule has 0 heterocycles. The lowest BCUT2D eigenvalue weighted by molar-refractivity contribution is 3.10. The Kier molecular flexibility index (Phi) is 77.3. The molecule has 0 aliphatic heterocycles. The van der Waals surface area contributed by atoms with Crippen molar-refractivity contribution < 1.29 is 0 Å². The Morgan fingerprint density at radius 1 is 0.0405 bits per heavy atom. The highest BCUT2D eigenvalue weighted by Gasteiger charge is 2.73. The van der Waals surface area contributed by atoms with Crippen molar-refractivity contribution >= 4 is 1050 Å². The van der Waals surface area contributed by atoms with E-state index in [1.807, 2.05) is 0 Å². The van der Waals surface area contributed by atoms with Crippen LogP contribution in [0.4, 0.5) is 0 Å². The topological polar surface area (TPSA) is 0 Å². The standard InChI is InChI=1S/B148/c1-76(2)113(75)132(114(77(3)4)78(5)6)141(131(111(71)72)112(73)74)146(142(133(115(79(7)8)80(9)10)116(81(11)12)82(13)14)134(117(83(15)16)84(17)18)118(85(19)20)86(21)22)148(145(139(127(103(55)56)104(57)58)128(105(59)60)106(61)62)140(129(107(63)64)108(65)66)130(109(67)68)110(69)70)147(143(135(119(87(23)24)88(25)26)120(89(27)28)90(29)30)136(121(91(31)32)92(33)34)122(93(35)36)94(37)38)144(137(123(95(39)40)96(41)42)124(97(43)44)98(45)46)138(125(99(47)48)100(49)50)126(101(51)52)102(53)54. The molecule has 0 atom stereocenters. The predicted octanol–water partition coefficient (Wildman–Crippen LogP) is -56.4. The quantitative estimate of drug-likeness (QED) is 0.0533. The molecule has 0 fully saturated rings. The predicted molar refractivity (Wildman–Crippen MR) is 852 cm³/mol. The zero-order valence-electron chi connectivity index (χ0n) is 85.4. The number of rotatable bonds is 72. The molecule has 0 unspecified atom stereocenters. The highest BCUT2D eigenvalue weighted by Crippen LogP contribution is 2.35. The van der Waals surface area contributed by atoms with E-state index >= 15 is 0 Å². The van der Waals surface area contributed by atoms with Crippen molar-refractivity contribution in [3.63, 3.8) is 0 Å². The molecule has 148 heteroatoms. The molecule has 0 amide bonds. The lowest BCUT2D eigenvalue weighted by Gasteiger charge is -2.66. The van der Waals surface area contributed by atoms with Gasteiger partial charge in [0.15, 0.2) is 0 Å². The van der Waals surface area contributed by atoms with Gasteiger partial charge in [-0.05, 0) is 0 Å². The fraction of sp³-hybridized carbons (Fsp3) is 0. The van der Waals surface area contributed by atoms with Gasteiger partial charge in [-0.1, -0.05) is 0 Å². The summed E-state index contributed by atoms with van der Waals surface area (Å²) in [4.78, 5) is 0. The first-order valence-corrected chi connectivity index (χ1v) is 49.0. The summed E-state index contributed by atoms with van der Waals surface area (Å²) >= 11 is 0. The summed E-state index contributed by atoms with van der Waals surface area (Å²) in [5.41, 5.74) is 0. The maximum atomic E-state index is 8.17. The van der Waals surface area contributed by atoms with Gasteiger partial charge in [-0.25, -0.2) is 0 Å². The Morgan fingerprint density at radius 2 is 0.0811 bits per heavy atom. The average Bonchev–Trinajstić information content (AvgIpc) is 0.693. The normalized spacial score (nSPS) is 9.89. The van der Waals surface area contributed by atoms with Gasteiger partial charge in [-0.3, -0.25) is 0 Å². The van der Waals surface area contributed by atoms with Crippen molar-refractivity contribution in [1.82, 2.24) is 0 Å². The molecule has 0 saturated carbocycles.